The van der Waals surface area contributed by atoms with Crippen LogP contribution in [0.25, 0.3) is 0 Å². The molecule has 2 aliphatic carbocycles. The quantitative estimate of drug-likeness (QED) is 0.712. The number of carbonyl (C=O) groups is 3. The van der Waals surface area contributed by atoms with Crippen LogP contribution in [0.15, 0.2) is 0 Å². The summed E-state index contributed by atoms with van der Waals surface area (Å²) in [6.07, 6.45) is 7.36. The Morgan fingerprint density at radius 3 is 2.52 bits per heavy atom. The number of aryl methyl sites for hydroxylation is 1. The van der Waals surface area contributed by atoms with Gasteiger partial charge < -0.3 is 15.2 Å². The van der Waals surface area contributed by atoms with Crippen molar-refractivity contribution in [1.82, 2.24) is 0 Å². The van der Waals surface area contributed by atoms with Gasteiger partial charge in [-0.15, -0.1) is 11.3 Å². The molecule has 2 unspecified atom stereocenters. The second-order valence-electron chi connectivity index (χ2n) is 7.38. The number of hydrogen-bond acceptors (Lipinski definition) is 5. The van der Waals surface area contributed by atoms with Crippen molar-refractivity contribution in [1.29, 1.82) is 0 Å². The number of anilines is 1. The van der Waals surface area contributed by atoms with Crippen LogP contribution >= 0.6 is 11.3 Å². The van der Waals surface area contributed by atoms with Gasteiger partial charge in [0.05, 0.1) is 24.0 Å². The van der Waals surface area contributed by atoms with Gasteiger partial charge in [-0.2, -0.15) is 0 Å². The molecule has 2 aliphatic rings. The van der Waals surface area contributed by atoms with Crippen LogP contribution < -0.4 is 5.32 Å². The van der Waals surface area contributed by atoms with Crippen LogP contribution in [0.5, 0.6) is 0 Å². The van der Waals surface area contributed by atoms with Gasteiger partial charge in [0, 0.05) is 4.88 Å². The third-order valence-electron chi connectivity index (χ3n) is 5.47. The fourth-order valence-corrected chi connectivity index (χ4v) is 5.36. The van der Waals surface area contributed by atoms with Gasteiger partial charge in [-0.1, -0.05) is 19.8 Å². The molecule has 27 heavy (non-hydrogen) atoms. The molecule has 0 radical (unpaired) electrons. The molecule has 1 saturated carbocycles. The number of amides is 1. The molecule has 0 aromatic carbocycles. The average Bonchev–Trinajstić information content (AvgIpc) is 3.03. The molecule has 6 nitrogen and oxygen atoms in total. The van der Waals surface area contributed by atoms with E-state index in [-0.39, 0.29) is 11.9 Å². The first-order valence-electron chi connectivity index (χ1n) is 9.88. The minimum atomic E-state index is -0.914. The second-order valence-corrected chi connectivity index (χ2v) is 8.48. The maximum atomic E-state index is 12.9. The van der Waals surface area contributed by atoms with Gasteiger partial charge in [-0.3, -0.25) is 9.59 Å². The van der Waals surface area contributed by atoms with Crippen LogP contribution in [0.2, 0.25) is 0 Å². The molecule has 0 saturated heterocycles. The van der Waals surface area contributed by atoms with E-state index < -0.39 is 17.8 Å². The number of rotatable bonds is 6. The molecule has 1 aromatic heterocycles. The highest BCUT2D eigenvalue weighted by atomic mass is 32.1. The van der Waals surface area contributed by atoms with Gasteiger partial charge >= 0.3 is 11.9 Å². The Balaban J connectivity index is 1.85. The van der Waals surface area contributed by atoms with Crippen molar-refractivity contribution in [3.05, 3.63) is 16.0 Å². The molecular formula is C20H27NO5S. The van der Waals surface area contributed by atoms with Gasteiger partial charge in [-0.05, 0) is 50.5 Å². The van der Waals surface area contributed by atoms with Crippen LogP contribution in [-0.4, -0.2) is 29.6 Å². The highest BCUT2D eigenvalue weighted by molar-refractivity contribution is 7.17. The summed E-state index contributed by atoms with van der Waals surface area (Å²) >= 11 is 1.45. The van der Waals surface area contributed by atoms with Gasteiger partial charge in [0.15, 0.2) is 0 Å². The van der Waals surface area contributed by atoms with E-state index in [1.807, 2.05) is 6.92 Å². The molecule has 0 bridgehead atoms. The van der Waals surface area contributed by atoms with E-state index in [1.54, 1.807) is 0 Å². The molecular weight excluding hydrogens is 366 g/mol. The van der Waals surface area contributed by atoms with E-state index in [4.69, 9.17) is 4.74 Å². The van der Waals surface area contributed by atoms with Crippen molar-refractivity contribution in [3.8, 4) is 0 Å². The van der Waals surface area contributed by atoms with E-state index >= 15 is 0 Å². The Morgan fingerprint density at radius 2 is 1.81 bits per heavy atom. The van der Waals surface area contributed by atoms with E-state index in [2.05, 4.69) is 5.32 Å². The van der Waals surface area contributed by atoms with Crippen molar-refractivity contribution < 1.29 is 24.2 Å². The lowest BCUT2D eigenvalue weighted by Crippen LogP contribution is -2.36. The molecule has 3 rings (SSSR count). The van der Waals surface area contributed by atoms with Crippen LogP contribution in [0.3, 0.4) is 0 Å². The number of carboxylic acids is 1. The number of aliphatic carboxylic acids is 1. The molecule has 1 aromatic rings. The first kappa shape index (κ1) is 19.9. The highest BCUT2D eigenvalue weighted by Crippen LogP contribution is 2.40. The van der Waals surface area contributed by atoms with Crippen LogP contribution in [0.4, 0.5) is 5.00 Å². The molecule has 1 heterocycles. The summed E-state index contributed by atoms with van der Waals surface area (Å²) in [6, 6.07) is 0. The Bertz CT molecular complexity index is 726. The lowest BCUT2D eigenvalue weighted by molar-refractivity contribution is -0.147. The summed E-state index contributed by atoms with van der Waals surface area (Å²) in [4.78, 5) is 38.2. The topological polar surface area (TPSA) is 92.7 Å². The van der Waals surface area contributed by atoms with Crippen molar-refractivity contribution in [3.63, 3.8) is 0 Å². The van der Waals surface area contributed by atoms with E-state index in [9.17, 15) is 19.5 Å². The third kappa shape index (κ3) is 4.34. The second kappa shape index (κ2) is 8.87. The zero-order valence-corrected chi connectivity index (χ0v) is 16.5. The minimum Gasteiger partial charge on any atom is -0.481 e. The molecule has 1 amide bonds. The molecule has 7 heteroatoms. The molecule has 0 spiro atoms. The predicted octanol–water partition coefficient (Wildman–Crippen LogP) is 4.02. The number of nitrogens with one attached hydrogen (secondary N) is 1. The van der Waals surface area contributed by atoms with Gasteiger partial charge in [0.1, 0.15) is 5.00 Å². The van der Waals surface area contributed by atoms with Gasteiger partial charge in [0.25, 0.3) is 0 Å². The SMILES string of the molecule is CCCOC(=O)c1c(NC(=O)C2CCCCC2C(=O)O)sc2c1CCCC2. The number of hydrogen-bond donors (Lipinski definition) is 2. The first-order valence-corrected chi connectivity index (χ1v) is 10.7. The van der Waals surface area contributed by atoms with Crippen molar-refractivity contribution in [2.24, 2.45) is 11.8 Å². The summed E-state index contributed by atoms with van der Waals surface area (Å²) in [6.45, 7) is 2.29. The number of thiophene rings is 1. The molecule has 148 valence electrons. The number of esters is 1. The Labute approximate surface area is 163 Å². The molecule has 2 atom stereocenters. The van der Waals surface area contributed by atoms with Crippen LogP contribution in [0.1, 0.15) is 72.7 Å². The van der Waals surface area contributed by atoms with E-state index in [0.29, 0.717) is 30.0 Å². The zero-order chi connectivity index (χ0) is 19.4. The summed E-state index contributed by atoms with van der Waals surface area (Å²) in [5.41, 5.74) is 1.49. The largest absolute Gasteiger partial charge is 0.481 e. The number of carbonyl (C=O) groups excluding carboxylic acids is 2. The summed E-state index contributed by atoms with van der Waals surface area (Å²) < 4.78 is 5.35. The summed E-state index contributed by atoms with van der Waals surface area (Å²) in [7, 11) is 0. The van der Waals surface area contributed by atoms with E-state index in [1.165, 1.54) is 11.3 Å². The van der Waals surface area contributed by atoms with Gasteiger partial charge in [0.2, 0.25) is 5.91 Å². The highest BCUT2D eigenvalue weighted by Gasteiger charge is 2.37. The Hall–Kier alpha value is -1.89. The molecule has 1 fully saturated rings. The average molecular weight is 394 g/mol. The van der Waals surface area contributed by atoms with Crippen molar-refractivity contribution >= 4 is 34.2 Å². The summed E-state index contributed by atoms with van der Waals surface area (Å²) in [5, 5.41) is 12.9. The zero-order valence-electron chi connectivity index (χ0n) is 15.7. The summed E-state index contributed by atoms with van der Waals surface area (Å²) in [5.74, 6) is -2.78. The lowest BCUT2D eigenvalue weighted by Gasteiger charge is -2.27. The maximum Gasteiger partial charge on any atom is 0.341 e. The predicted molar refractivity (Wildman–Crippen MR) is 103 cm³/mol. The lowest BCUT2D eigenvalue weighted by atomic mass is 9.78. The monoisotopic (exact) mass is 393 g/mol. The fraction of sp³-hybridized carbons (Fsp3) is 0.650. The maximum absolute atomic E-state index is 12.9. The van der Waals surface area contributed by atoms with Crippen molar-refractivity contribution in [2.75, 3.05) is 11.9 Å². The number of fused-ring (bicyclic) bond motifs is 1. The smallest absolute Gasteiger partial charge is 0.341 e. The standard InChI is InChI=1S/C20H27NO5S/c1-2-11-26-20(25)16-14-9-5-6-10-15(14)27-18(16)21-17(22)12-7-3-4-8-13(12)19(23)24/h12-13H,2-11H2,1H3,(H,21,22)(H,23,24). The number of carboxylic acid groups (broad SMARTS) is 1. The van der Waals surface area contributed by atoms with Crippen LogP contribution in [0, 0.1) is 11.8 Å². The normalized spacial score (nSPS) is 22.0. The first-order chi connectivity index (χ1) is 13.0. The number of ether oxygens (including phenoxy) is 1. The third-order valence-corrected chi connectivity index (χ3v) is 6.68. The Kier molecular flexibility index (Phi) is 6.52. The molecule has 0 aliphatic heterocycles. The fourth-order valence-electron chi connectivity index (χ4n) is 4.08. The Morgan fingerprint density at radius 1 is 1.11 bits per heavy atom. The van der Waals surface area contributed by atoms with Crippen molar-refractivity contribution in [2.45, 2.75) is 64.7 Å². The minimum absolute atomic E-state index is 0.287. The molecule has 2 N–H and O–H groups in total. The van der Waals surface area contributed by atoms with E-state index in [0.717, 1.165) is 55.4 Å². The van der Waals surface area contributed by atoms with Gasteiger partial charge in [-0.25, -0.2) is 4.79 Å². The van der Waals surface area contributed by atoms with Crippen LogP contribution in [-0.2, 0) is 27.2 Å².